The van der Waals surface area contributed by atoms with Crippen LogP contribution in [0.15, 0.2) is 6.07 Å². The summed E-state index contributed by atoms with van der Waals surface area (Å²) in [6.07, 6.45) is -0.447. The van der Waals surface area contributed by atoms with Crippen LogP contribution in [0.2, 0.25) is 0 Å². The molecule has 18 heavy (non-hydrogen) atoms. The number of anilines is 1. The van der Waals surface area contributed by atoms with E-state index in [9.17, 15) is 15.2 Å². The number of rotatable bonds is 5. The molecule has 0 aliphatic rings. The summed E-state index contributed by atoms with van der Waals surface area (Å²) in [6.45, 7) is 3.40. The largest absolute Gasteiger partial charge is 0.388 e. The summed E-state index contributed by atoms with van der Waals surface area (Å²) in [5.74, 6) is 0. The molecule has 0 bridgehead atoms. The average Bonchev–Trinajstić information content (AvgIpc) is 2.73. The molecule has 0 aliphatic heterocycles. The van der Waals surface area contributed by atoms with Crippen molar-refractivity contribution in [3.05, 3.63) is 21.1 Å². The summed E-state index contributed by atoms with van der Waals surface area (Å²) < 4.78 is 0. The van der Waals surface area contributed by atoms with Crippen molar-refractivity contribution >= 4 is 22.0 Å². The van der Waals surface area contributed by atoms with Crippen LogP contribution in [0.5, 0.6) is 0 Å². The molecule has 1 aromatic rings. The van der Waals surface area contributed by atoms with E-state index in [-0.39, 0.29) is 18.2 Å². The highest BCUT2D eigenvalue weighted by atomic mass is 32.1. The van der Waals surface area contributed by atoms with Gasteiger partial charge >= 0.3 is 5.69 Å². The summed E-state index contributed by atoms with van der Waals surface area (Å²) in [5, 5.41) is 29.6. The lowest BCUT2D eigenvalue weighted by atomic mass is 10.2. The monoisotopic (exact) mass is 269 g/mol. The van der Waals surface area contributed by atoms with Crippen molar-refractivity contribution in [2.24, 2.45) is 0 Å². The predicted molar refractivity (Wildman–Crippen MR) is 69.7 cm³/mol. The predicted octanol–water partition coefficient (Wildman–Crippen LogP) is 2.45. The van der Waals surface area contributed by atoms with Crippen LogP contribution in [0.1, 0.15) is 31.2 Å². The van der Waals surface area contributed by atoms with E-state index in [1.165, 1.54) is 17.4 Å². The molecular weight excluding hydrogens is 254 g/mol. The minimum atomic E-state index is -0.734. The van der Waals surface area contributed by atoms with E-state index in [0.29, 0.717) is 9.88 Å². The van der Waals surface area contributed by atoms with Crippen molar-refractivity contribution in [2.45, 2.75) is 32.4 Å². The Kier molecular flexibility index (Phi) is 4.64. The summed E-state index contributed by atoms with van der Waals surface area (Å²) in [4.78, 5) is 12.8. The first kappa shape index (κ1) is 14.4. The Morgan fingerprint density at radius 3 is 2.72 bits per heavy atom. The molecule has 1 aromatic heterocycles. The van der Waals surface area contributed by atoms with Crippen LogP contribution in [0.4, 0.5) is 10.7 Å². The summed E-state index contributed by atoms with van der Waals surface area (Å²) in [5.41, 5.74) is -0.0248. The molecule has 0 aliphatic carbocycles. The van der Waals surface area contributed by atoms with Crippen LogP contribution >= 0.6 is 11.3 Å². The van der Waals surface area contributed by atoms with Gasteiger partial charge in [0.05, 0.1) is 23.5 Å². The van der Waals surface area contributed by atoms with E-state index in [4.69, 9.17) is 5.26 Å². The number of aliphatic hydroxyl groups excluding tert-OH is 1. The molecule has 0 fully saturated rings. The highest BCUT2D eigenvalue weighted by Gasteiger charge is 2.25. The Labute approximate surface area is 109 Å². The van der Waals surface area contributed by atoms with E-state index < -0.39 is 11.0 Å². The molecule has 0 aromatic carbocycles. The highest BCUT2D eigenvalue weighted by Crippen LogP contribution is 2.40. The number of hydrogen-bond acceptors (Lipinski definition) is 6. The fourth-order valence-electron chi connectivity index (χ4n) is 1.45. The van der Waals surface area contributed by atoms with Crippen molar-refractivity contribution in [1.82, 2.24) is 0 Å². The lowest BCUT2D eigenvalue weighted by Gasteiger charge is -2.22. The second kappa shape index (κ2) is 5.80. The molecule has 98 valence electrons. The van der Waals surface area contributed by atoms with Crippen molar-refractivity contribution in [3.8, 4) is 6.07 Å². The second-order valence-electron chi connectivity index (χ2n) is 4.09. The van der Waals surface area contributed by atoms with Gasteiger partial charge in [0.25, 0.3) is 0 Å². The van der Waals surface area contributed by atoms with Gasteiger partial charge in [0, 0.05) is 24.0 Å². The van der Waals surface area contributed by atoms with Gasteiger partial charge in [-0.25, -0.2) is 0 Å². The zero-order valence-corrected chi connectivity index (χ0v) is 11.3. The molecule has 0 saturated carbocycles. The van der Waals surface area contributed by atoms with Gasteiger partial charge in [-0.3, -0.25) is 10.1 Å². The third kappa shape index (κ3) is 2.97. The molecule has 0 saturated heterocycles. The van der Waals surface area contributed by atoms with E-state index in [2.05, 4.69) is 0 Å². The van der Waals surface area contributed by atoms with Gasteiger partial charge < -0.3 is 10.0 Å². The van der Waals surface area contributed by atoms with Crippen molar-refractivity contribution in [3.63, 3.8) is 0 Å². The van der Waals surface area contributed by atoms with Gasteiger partial charge in [-0.05, 0) is 13.8 Å². The van der Waals surface area contributed by atoms with Crippen LogP contribution in [-0.2, 0) is 0 Å². The molecule has 0 amide bonds. The SMILES string of the molecule is CC(CC#N)N(C)c1sc([C@H](C)O)cc1[N+](=O)[O-]. The average molecular weight is 269 g/mol. The Balaban J connectivity index is 3.14. The van der Waals surface area contributed by atoms with Crippen molar-refractivity contribution in [2.75, 3.05) is 11.9 Å². The first-order chi connectivity index (χ1) is 8.38. The number of nitriles is 1. The number of nitrogens with zero attached hydrogens (tertiary/aromatic N) is 3. The van der Waals surface area contributed by atoms with E-state index >= 15 is 0 Å². The van der Waals surface area contributed by atoms with Crippen LogP contribution in [0.3, 0.4) is 0 Å². The zero-order valence-electron chi connectivity index (χ0n) is 10.5. The molecule has 7 heteroatoms. The maximum Gasteiger partial charge on any atom is 0.304 e. The second-order valence-corrected chi connectivity index (χ2v) is 5.16. The third-order valence-corrected chi connectivity index (χ3v) is 4.07. The smallest absolute Gasteiger partial charge is 0.304 e. The number of hydrogen-bond donors (Lipinski definition) is 1. The van der Waals surface area contributed by atoms with E-state index in [1.54, 1.807) is 18.9 Å². The Hall–Kier alpha value is -1.65. The molecule has 1 heterocycles. The number of thiophene rings is 1. The van der Waals surface area contributed by atoms with E-state index in [1.807, 2.05) is 13.0 Å². The molecule has 0 spiro atoms. The molecule has 1 unspecified atom stereocenters. The maximum absolute atomic E-state index is 11.0. The minimum Gasteiger partial charge on any atom is -0.388 e. The van der Waals surface area contributed by atoms with Gasteiger partial charge in [-0.15, -0.1) is 11.3 Å². The zero-order chi connectivity index (χ0) is 13.9. The van der Waals surface area contributed by atoms with Gasteiger partial charge in [-0.2, -0.15) is 5.26 Å². The van der Waals surface area contributed by atoms with Gasteiger partial charge in [0.1, 0.15) is 0 Å². The van der Waals surface area contributed by atoms with Crippen LogP contribution in [0, 0.1) is 21.4 Å². The molecule has 1 rings (SSSR count). The van der Waals surface area contributed by atoms with Gasteiger partial charge in [0.2, 0.25) is 0 Å². The summed E-state index contributed by atoms with van der Waals surface area (Å²) >= 11 is 1.18. The summed E-state index contributed by atoms with van der Waals surface area (Å²) in [7, 11) is 1.71. The highest BCUT2D eigenvalue weighted by molar-refractivity contribution is 7.16. The van der Waals surface area contributed by atoms with Crippen molar-refractivity contribution < 1.29 is 10.0 Å². The Morgan fingerprint density at radius 2 is 2.28 bits per heavy atom. The fraction of sp³-hybridized carbons (Fsp3) is 0.545. The van der Waals surface area contributed by atoms with E-state index in [0.717, 1.165) is 0 Å². The molecule has 2 atom stereocenters. The topological polar surface area (TPSA) is 90.4 Å². The molecule has 1 N–H and O–H groups in total. The lowest BCUT2D eigenvalue weighted by Crippen LogP contribution is -2.28. The first-order valence-corrected chi connectivity index (χ1v) is 6.26. The Bertz CT molecular complexity index is 478. The number of nitro groups is 1. The fourth-order valence-corrected chi connectivity index (χ4v) is 2.57. The first-order valence-electron chi connectivity index (χ1n) is 5.44. The lowest BCUT2D eigenvalue weighted by molar-refractivity contribution is -0.383. The maximum atomic E-state index is 11.0. The summed E-state index contributed by atoms with van der Waals surface area (Å²) in [6, 6.07) is 3.31. The van der Waals surface area contributed by atoms with Crippen LogP contribution < -0.4 is 4.90 Å². The Morgan fingerprint density at radius 1 is 1.67 bits per heavy atom. The quantitative estimate of drug-likeness (QED) is 0.655. The normalized spacial score (nSPS) is 13.7. The van der Waals surface area contributed by atoms with Crippen molar-refractivity contribution in [1.29, 1.82) is 5.26 Å². The minimum absolute atomic E-state index is 0.0248. The third-order valence-electron chi connectivity index (χ3n) is 2.69. The van der Waals surface area contributed by atoms with Crippen LogP contribution in [-0.4, -0.2) is 23.1 Å². The standard InChI is InChI=1S/C11H15N3O3S/c1-7(4-5-12)13(3)11-9(14(16)17)6-10(18-11)8(2)15/h6-8,15H,4H2,1-3H3/t7?,8-/m0/s1. The molecule has 0 radical (unpaired) electrons. The van der Waals surface area contributed by atoms with Crippen LogP contribution in [0.25, 0.3) is 0 Å². The van der Waals surface area contributed by atoms with Gasteiger partial charge in [0.15, 0.2) is 5.00 Å². The number of aliphatic hydroxyl groups is 1. The molecular formula is C11H15N3O3S. The molecule has 6 nitrogen and oxygen atoms in total. The van der Waals surface area contributed by atoms with Gasteiger partial charge in [-0.1, -0.05) is 0 Å².